The van der Waals surface area contributed by atoms with Crippen molar-refractivity contribution in [1.82, 2.24) is 5.32 Å². The van der Waals surface area contributed by atoms with Crippen molar-refractivity contribution in [2.75, 3.05) is 6.54 Å². The van der Waals surface area contributed by atoms with Crippen LogP contribution in [0, 0.1) is 5.92 Å². The number of rotatable bonds is 5. The molecule has 0 amide bonds. The zero-order valence-electron chi connectivity index (χ0n) is 13.6. The van der Waals surface area contributed by atoms with Crippen LogP contribution in [0.5, 0.6) is 5.75 Å². The molecule has 1 aromatic rings. The first-order chi connectivity index (χ1) is 9.47. The quantitative estimate of drug-likeness (QED) is 0.855. The number of hydrogen-bond donors (Lipinski definition) is 1. The second-order valence-electron chi connectivity index (χ2n) is 6.69. The lowest BCUT2D eigenvalue weighted by Gasteiger charge is -2.40. The minimum atomic E-state index is -0.0463. The fourth-order valence-electron chi connectivity index (χ4n) is 2.81. The van der Waals surface area contributed by atoms with Crippen LogP contribution >= 0.6 is 0 Å². The third-order valence-electron chi connectivity index (χ3n) is 4.37. The molecule has 1 aliphatic rings. The molecule has 112 valence electrons. The standard InChI is InChI=1S/C18H29NO/c1-6-14-8-9-17-15(10-14)16(19-12-13(3)4)11-18(5,7-2)20-17/h8-10,13,16,19H,6-7,11-12H2,1-5H3. The molecule has 0 aromatic heterocycles. The van der Waals surface area contributed by atoms with Crippen molar-refractivity contribution in [2.24, 2.45) is 5.92 Å². The highest BCUT2D eigenvalue weighted by molar-refractivity contribution is 5.42. The number of benzene rings is 1. The summed E-state index contributed by atoms with van der Waals surface area (Å²) in [6.07, 6.45) is 3.17. The van der Waals surface area contributed by atoms with Crippen molar-refractivity contribution in [1.29, 1.82) is 0 Å². The first kappa shape index (κ1) is 15.4. The van der Waals surface area contributed by atoms with E-state index in [2.05, 4.69) is 58.1 Å². The molecular formula is C18H29NO. The van der Waals surface area contributed by atoms with Gasteiger partial charge in [0.1, 0.15) is 11.4 Å². The van der Waals surface area contributed by atoms with E-state index in [0.717, 1.165) is 31.6 Å². The van der Waals surface area contributed by atoms with Crippen molar-refractivity contribution in [2.45, 2.75) is 65.5 Å². The van der Waals surface area contributed by atoms with Crippen LogP contribution < -0.4 is 10.1 Å². The van der Waals surface area contributed by atoms with Crippen LogP contribution in [0.2, 0.25) is 0 Å². The van der Waals surface area contributed by atoms with Crippen molar-refractivity contribution < 1.29 is 4.74 Å². The van der Waals surface area contributed by atoms with Crippen LogP contribution in [-0.2, 0) is 6.42 Å². The van der Waals surface area contributed by atoms with Gasteiger partial charge in [0.15, 0.2) is 0 Å². The summed E-state index contributed by atoms with van der Waals surface area (Å²) >= 11 is 0. The summed E-state index contributed by atoms with van der Waals surface area (Å²) in [6.45, 7) is 12.2. The molecule has 2 atom stereocenters. The molecule has 2 rings (SSSR count). The molecule has 0 bridgehead atoms. The van der Waals surface area contributed by atoms with Crippen molar-refractivity contribution in [3.8, 4) is 5.75 Å². The minimum Gasteiger partial charge on any atom is -0.487 e. The van der Waals surface area contributed by atoms with Gasteiger partial charge in [-0.1, -0.05) is 39.8 Å². The Labute approximate surface area is 123 Å². The van der Waals surface area contributed by atoms with Crippen LogP contribution in [0.4, 0.5) is 0 Å². The summed E-state index contributed by atoms with van der Waals surface area (Å²) in [6, 6.07) is 7.09. The Bertz CT molecular complexity index is 455. The fourth-order valence-corrected chi connectivity index (χ4v) is 2.81. The summed E-state index contributed by atoms with van der Waals surface area (Å²) in [5, 5.41) is 3.74. The van der Waals surface area contributed by atoms with Crippen LogP contribution in [0.3, 0.4) is 0 Å². The fraction of sp³-hybridized carbons (Fsp3) is 0.667. The van der Waals surface area contributed by atoms with E-state index in [4.69, 9.17) is 4.74 Å². The van der Waals surface area contributed by atoms with Crippen molar-refractivity contribution in [3.63, 3.8) is 0 Å². The molecule has 20 heavy (non-hydrogen) atoms. The first-order valence-electron chi connectivity index (χ1n) is 8.02. The van der Waals surface area contributed by atoms with Gasteiger partial charge in [-0.05, 0) is 43.9 Å². The van der Waals surface area contributed by atoms with E-state index in [9.17, 15) is 0 Å². The van der Waals surface area contributed by atoms with E-state index in [1.54, 1.807) is 0 Å². The Balaban J connectivity index is 2.30. The Kier molecular flexibility index (Phi) is 4.74. The third-order valence-corrected chi connectivity index (χ3v) is 4.37. The zero-order valence-corrected chi connectivity index (χ0v) is 13.6. The van der Waals surface area contributed by atoms with Gasteiger partial charge in [0.25, 0.3) is 0 Å². The van der Waals surface area contributed by atoms with Gasteiger partial charge in [-0.25, -0.2) is 0 Å². The van der Waals surface area contributed by atoms with E-state index in [1.165, 1.54) is 11.1 Å². The number of nitrogens with one attached hydrogen (secondary N) is 1. The third kappa shape index (κ3) is 3.35. The molecule has 0 saturated carbocycles. The smallest absolute Gasteiger partial charge is 0.124 e. The molecule has 2 heteroatoms. The molecular weight excluding hydrogens is 246 g/mol. The van der Waals surface area contributed by atoms with E-state index in [-0.39, 0.29) is 5.60 Å². The molecule has 1 aromatic carbocycles. The van der Waals surface area contributed by atoms with E-state index < -0.39 is 0 Å². The summed E-state index contributed by atoms with van der Waals surface area (Å²) < 4.78 is 6.27. The lowest BCUT2D eigenvalue weighted by atomic mass is 9.85. The molecule has 2 nitrogen and oxygen atoms in total. The maximum Gasteiger partial charge on any atom is 0.124 e. The number of aryl methyl sites for hydroxylation is 1. The Morgan fingerprint density at radius 3 is 2.70 bits per heavy atom. The maximum atomic E-state index is 6.27. The van der Waals surface area contributed by atoms with Gasteiger partial charge in [0, 0.05) is 18.0 Å². The molecule has 0 aliphatic carbocycles. The Morgan fingerprint density at radius 1 is 1.35 bits per heavy atom. The molecule has 0 fully saturated rings. The highest BCUT2D eigenvalue weighted by Gasteiger charge is 2.35. The minimum absolute atomic E-state index is 0.0463. The average molecular weight is 275 g/mol. The SMILES string of the molecule is CCc1ccc2c(c1)C(NCC(C)C)CC(C)(CC)O2. The largest absolute Gasteiger partial charge is 0.487 e. The van der Waals surface area contributed by atoms with Gasteiger partial charge >= 0.3 is 0 Å². The molecule has 2 unspecified atom stereocenters. The van der Waals surface area contributed by atoms with Gasteiger partial charge in [0.05, 0.1) is 0 Å². The first-order valence-corrected chi connectivity index (χ1v) is 8.02. The second kappa shape index (κ2) is 6.17. The maximum absolute atomic E-state index is 6.27. The summed E-state index contributed by atoms with van der Waals surface area (Å²) in [4.78, 5) is 0. The zero-order chi connectivity index (χ0) is 14.8. The van der Waals surface area contributed by atoms with Crippen molar-refractivity contribution in [3.05, 3.63) is 29.3 Å². The van der Waals surface area contributed by atoms with Crippen LogP contribution in [0.15, 0.2) is 18.2 Å². The molecule has 1 N–H and O–H groups in total. The van der Waals surface area contributed by atoms with Crippen LogP contribution in [0.25, 0.3) is 0 Å². The van der Waals surface area contributed by atoms with Crippen LogP contribution in [-0.4, -0.2) is 12.1 Å². The summed E-state index contributed by atoms with van der Waals surface area (Å²) in [5.41, 5.74) is 2.69. The molecule has 0 spiro atoms. The van der Waals surface area contributed by atoms with Gasteiger partial charge in [-0.15, -0.1) is 0 Å². The molecule has 1 aliphatic heterocycles. The molecule has 0 radical (unpaired) electrons. The van der Waals surface area contributed by atoms with E-state index >= 15 is 0 Å². The van der Waals surface area contributed by atoms with Gasteiger partial charge in [-0.2, -0.15) is 0 Å². The van der Waals surface area contributed by atoms with Gasteiger partial charge in [0.2, 0.25) is 0 Å². The summed E-state index contributed by atoms with van der Waals surface area (Å²) in [7, 11) is 0. The van der Waals surface area contributed by atoms with Crippen molar-refractivity contribution >= 4 is 0 Å². The lowest BCUT2D eigenvalue weighted by molar-refractivity contribution is 0.0437. The second-order valence-corrected chi connectivity index (χ2v) is 6.69. The van der Waals surface area contributed by atoms with Gasteiger partial charge < -0.3 is 10.1 Å². The van der Waals surface area contributed by atoms with Crippen LogP contribution in [0.1, 0.15) is 64.6 Å². The monoisotopic (exact) mass is 275 g/mol. The molecule has 1 heterocycles. The summed E-state index contributed by atoms with van der Waals surface area (Å²) in [5.74, 6) is 1.74. The average Bonchev–Trinajstić information content (AvgIpc) is 2.44. The van der Waals surface area contributed by atoms with E-state index in [0.29, 0.717) is 12.0 Å². The Morgan fingerprint density at radius 2 is 2.10 bits per heavy atom. The number of fused-ring (bicyclic) bond motifs is 1. The highest BCUT2D eigenvalue weighted by Crippen LogP contribution is 2.41. The lowest BCUT2D eigenvalue weighted by Crippen LogP contribution is -2.42. The van der Waals surface area contributed by atoms with E-state index in [1.807, 2.05) is 0 Å². The van der Waals surface area contributed by atoms with Gasteiger partial charge in [-0.3, -0.25) is 0 Å². The predicted molar refractivity (Wildman–Crippen MR) is 85.3 cm³/mol. The predicted octanol–water partition coefficient (Wildman–Crippen LogP) is 4.49. The Hall–Kier alpha value is -1.02. The highest BCUT2D eigenvalue weighted by atomic mass is 16.5. The normalized spacial score (nSPS) is 25.4. The molecule has 0 saturated heterocycles. The number of hydrogen-bond acceptors (Lipinski definition) is 2. The topological polar surface area (TPSA) is 21.3 Å². The number of ether oxygens (including phenoxy) is 1.